The highest BCUT2D eigenvalue weighted by Crippen LogP contribution is 2.28. The molecule has 1 heterocycles. The van der Waals surface area contributed by atoms with Gasteiger partial charge >= 0.3 is 0 Å². The molecular weight excluding hydrogens is 255 g/mol. The highest BCUT2D eigenvalue weighted by molar-refractivity contribution is 6.42. The van der Waals surface area contributed by atoms with Crippen molar-refractivity contribution < 1.29 is 0 Å². The predicted octanol–water partition coefficient (Wildman–Crippen LogP) is 3.63. The van der Waals surface area contributed by atoms with Crippen LogP contribution in [-0.2, 0) is 6.42 Å². The zero-order valence-electron chi connectivity index (χ0n) is 9.11. The van der Waals surface area contributed by atoms with Gasteiger partial charge in [-0.2, -0.15) is 0 Å². The average Bonchev–Trinajstić information content (AvgIpc) is 2.36. The van der Waals surface area contributed by atoms with Gasteiger partial charge in [-0.25, -0.2) is 0 Å². The van der Waals surface area contributed by atoms with E-state index in [1.807, 2.05) is 24.3 Å². The van der Waals surface area contributed by atoms with Crippen LogP contribution in [0.1, 0.15) is 17.2 Å². The van der Waals surface area contributed by atoms with Crippen molar-refractivity contribution >= 4 is 23.2 Å². The Hall–Kier alpha value is -1.09. The fraction of sp³-hybridized carbons (Fsp3) is 0.154. The maximum absolute atomic E-state index is 6.12. The van der Waals surface area contributed by atoms with Crippen molar-refractivity contribution in [3.8, 4) is 0 Å². The molecule has 0 radical (unpaired) electrons. The third-order valence-corrected chi connectivity index (χ3v) is 3.44. The van der Waals surface area contributed by atoms with E-state index in [2.05, 4.69) is 4.98 Å². The van der Waals surface area contributed by atoms with Crippen molar-refractivity contribution in [2.24, 2.45) is 5.73 Å². The molecule has 88 valence electrons. The lowest BCUT2D eigenvalue weighted by molar-refractivity contribution is 0.718. The third-order valence-electron chi connectivity index (χ3n) is 2.58. The van der Waals surface area contributed by atoms with Gasteiger partial charge in [0, 0.05) is 18.4 Å². The summed E-state index contributed by atoms with van der Waals surface area (Å²) in [6.07, 6.45) is 4.14. The van der Waals surface area contributed by atoms with Crippen molar-refractivity contribution in [3.63, 3.8) is 0 Å². The van der Waals surface area contributed by atoms with E-state index in [0.29, 0.717) is 16.5 Å². The summed E-state index contributed by atoms with van der Waals surface area (Å²) in [7, 11) is 0. The van der Waals surface area contributed by atoms with Crippen LogP contribution < -0.4 is 5.73 Å². The van der Waals surface area contributed by atoms with E-state index in [-0.39, 0.29) is 6.04 Å². The highest BCUT2D eigenvalue weighted by Gasteiger charge is 2.11. The quantitative estimate of drug-likeness (QED) is 0.922. The van der Waals surface area contributed by atoms with Crippen LogP contribution in [0.25, 0.3) is 0 Å². The lowest BCUT2D eigenvalue weighted by Crippen LogP contribution is -2.13. The number of halogens is 2. The smallest absolute Gasteiger partial charge is 0.0624 e. The summed E-state index contributed by atoms with van der Waals surface area (Å²) in [5.41, 5.74) is 8.05. The number of hydrogen-bond donors (Lipinski definition) is 1. The number of benzene rings is 1. The molecule has 2 nitrogen and oxygen atoms in total. The van der Waals surface area contributed by atoms with Crippen LogP contribution in [0.4, 0.5) is 0 Å². The average molecular weight is 267 g/mol. The molecule has 17 heavy (non-hydrogen) atoms. The van der Waals surface area contributed by atoms with E-state index in [1.54, 1.807) is 18.5 Å². The van der Waals surface area contributed by atoms with Gasteiger partial charge in [-0.05, 0) is 29.7 Å². The molecule has 2 N–H and O–H groups in total. The van der Waals surface area contributed by atoms with Gasteiger partial charge in [0.2, 0.25) is 0 Å². The van der Waals surface area contributed by atoms with Crippen molar-refractivity contribution in [3.05, 3.63) is 63.9 Å². The van der Waals surface area contributed by atoms with Gasteiger partial charge in [-0.15, -0.1) is 0 Å². The molecule has 2 aromatic rings. The summed E-state index contributed by atoms with van der Waals surface area (Å²) in [6, 6.07) is 9.28. The van der Waals surface area contributed by atoms with E-state index in [0.717, 1.165) is 11.1 Å². The SMILES string of the molecule is NC(Cc1cccc(Cl)c1Cl)c1cccnc1. The van der Waals surface area contributed by atoms with Crippen molar-refractivity contribution in [2.75, 3.05) is 0 Å². The Balaban J connectivity index is 2.19. The lowest BCUT2D eigenvalue weighted by atomic mass is 10.0. The Bertz CT molecular complexity index is 500. The number of aromatic nitrogens is 1. The lowest BCUT2D eigenvalue weighted by Gasteiger charge is -2.13. The molecule has 1 atom stereocenters. The first-order valence-electron chi connectivity index (χ1n) is 5.27. The van der Waals surface area contributed by atoms with Crippen molar-refractivity contribution in [1.82, 2.24) is 4.98 Å². The predicted molar refractivity (Wildman–Crippen MR) is 71.3 cm³/mol. The zero-order chi connectivity index (χ0) is 12.3. The van der Waals surface area contributed by atoms with Crippen LogP contribution in [0.5, 0.6) is 0 Å². The molecule has 0 fully saturated rings. The summed E-state index contributed by atoms with van der Waals surface area (Å²) in [4.78, 5) is 4.05. The minimum absolute atomic E-state index is 0.125. The van der Waals surface area contributed by atoms with Gasteiger partial charge in [-0.1, -0.05) is 41.4 Å². The minimum atomic E-state index is -0.125. The van der Waals surface area contributed by atoms with Gasteiger partial charge in [0.05, 0.1) is 10.0 Å². The van der Waals surface area contributed by atoms with E-state index in [1.165, 1.54) is 0 Å². The van der Waals surface area contributed by atoms with Gasteiger partial charge in [0.1, 0.15) is 0 Å². The second kappa shape index (κ2) is 5.50. The molecule has 0 aliphatic heterocycles. The Kier molecular flexibility index (Phi) is 4.00. The first kappa shape index (κ1) is 12.4. The number of pyridine rings is 1. The normalized spacial score (nSPS) is 12.4. The fourth-order valence-corrected chi connectivity index (χ4v) is 2.05. The van der Waals surface area contributed by atoms with Gasteiger partial charge in [-0.3, -0.25) is 4.98 Å². The van der Waals surface area contributed by atoms with Crippen LogP contribution >= 0.6 is 23.2 Å². The molecule has 0 aliphatic carbocycles. The maximum Gasteiger partial charge on any atom is 0.0624 e. The number of nitrogens with two attached hydrogens (primary N) is 1. The second-order valence-electron chi connectivity index (χ2n) is 3.81. The van der Waals surface area contributed by atoms with Crippen LogP contribution in [0.2, 0.25) is 10.0 Å². The highest BCUT2D eigenvalue weighted by atomic mass is 35.5. The molecule has 2 rings (SSSR count). The molecule has 0 bridgehead atoms. The number of hydrogen-bond acceptors (Lipinski definition) is 2. The Morgan fingerprint density at radius 1 is 1.18 bits per heavy atom. The van der Waals surface area contributed by atoms with Gasteiger partial charge < -0.3 is 5.73 Å². The molecule has 0 spiro atoms. The first-order valence-corrected chi connectivity index (χ1v) is 6.02. The van der Waals surface area contributed by atoms with Crippen LogP contribution in [0, 0.1) is 0 Å². The maximum atomic E-state index is 6.12. The molecule has 1 aromatic carbocycles. The summed E-state index contributed by atoms with van der Waals surface area (Å²) in [5.74, 6) is 0. The minimum Gasteiger partial charge on any atom is -0.324 e. The Morgan fingerprint density at radius 2 is 2.00 bits per heavy atom. The fourth-order valence-electron chi connectivity index (χ4n) is 1.66. The second-order valence-corrected chi connectivity index (χ2v) is 4.60. The summed E-state index contributed by atoms with van der Waals surface area (Å²) in [6.45, 7) is 0. The van der Waals surface area contributed by atoms with Gasteiger partial charge in [0.15, 0.2) is 0 Å². The van der Waals surface area contributed by atoms with E-state index in [9.17, 15) is 0 Å². The summed E-state index contributed by atoms with van der Waals surface area (Å²) in [5, 5.41) is 1.14. The van der Waals surface area contributed by atoms with Crippen molar-refractivity contribution in [1.29, 1.82) is 0 Å². The molecule has 1 aromatic heterocycles. The molecule has 0 aliphatic rings. The van der Waals surface area contributed by atoms with Crippen LogP contribution in [0.15, 0.2) is 42.7 Å². The van der Waals surface area contributed by atoms with E-state index < -0.39 is 0 Å². The topological polar surface area (TPSA) is 38.9 Å². The zero-order valence-corrected chi connectivity index (χ0v) is 10.6. The molecule has 0 amide bonds. The molecule has 0 saturated heterocycles. The largest absolute Gasteiger partial charge is 0.324 e. The van der Waals surface area contributed by atoms with E-state index in [4.69, 9.17) is 28.9 Å². The molecule has 1 unspecified atom stereocenters. The first-order chi connectivity index (χ1) is 8.18. The Labute approximate surface area is 110 Å². The van der Waals surface area contributed by atoms with Crippen LogP contribution in [0.3, 0.4) is 0 Å². The Morgan fingerprint density at radius 3 is 2.71 bits per heavy atom. The molecule has 0 saturated carbocycles. The molecular formula is C13H12Cl2N2. The van der Waals surface area contributed by atoms with Gasteiger partial charge in [0.25, 0.3) is 0 Å². The van der Waals surface area contributed by atoms with Crippen molar-refractivity contribution in [2.45, 2.75) is 12.5 Å². The molecule has 4 heteroatoms. The standard InChI is InChI=1S/C13H12Cl2N2/c14-11-5-1-3-9(13(11)15)7-12(16)10-4-2-6-17-8-10/h1-6,8,12H,7,16H2. The summed E-state index contributed by atoms with van der Waals surface area (Å²) >= 11 is 12.1. The number of rotatable bonds is 3. The summed E-state index contributed by atoms with van der Waals surface area (Å²) < 4.78 is 0. The van der Waals surface area contributed by atoms with Crippen LogP contribution in [-0.4, -0.2) is 4.98 Å². The van der Waals surface area contributed by atoms with E-state index >= 15 is 0 Å². The monoisotopic (exact) mass is 266 g/mol. The number of nitrogens with zero attached hydrogens (tertiary/aromatic N) is 1. The third kappa shape index (κ3) is 2.97.